The standard InChI is InChI=1S/C5H7NO2/c1-4(3-7)6-5(2)8/h1-2H3,(H,6,8). The van der Waals surface area contributed by atoms with Gasteiger partial charge in [0.05, 0.1) is 5.70 Å². The SMILES string of the molecule is CC(=O)NC(C)=C=O. The van der Waals surface area contributed by atoms with Gasteiger partial charge >= 0.3 is 0 Å². The molecule has 8 heavy (non-hydrogen) atoms. The van der Waals surface area contributed by atoms with Gasteiger partial charge in [-0.1, -0.05) is 0 Å². The highest BCUT2D eigenvalue weighted by Gasteiger charge is 1.89. The highest BCUT2D eigenvalue weighted by atomic mass is 16.1. The van der Waals surface area contributed by atoms with Crippen LogP contribution >= 0.6 is 0 Å². The molecule has 0 aromatic heterocycles. The highest BCUT2D eigenvalue weighted by Crippen LogP contribution is 1.73. The summed E-state index contributed by atoms with van der Waals surface area (Å²) in [5.41, 5.74) is 0.220. The topological polar surface area (TPSA) is 46.2 Å². The van der Waals surface area contributed by atoms with Crippen molar-refractivity contribution in [1.82, 2.24) is 5.32 Å². The molecule has 1 amide bonds. The van der Waals surface area contributed by atoms with Gasteiger partial charge in [-0.05, 0) is 6.92 Å². The van der Waals surface area contributed by atoms with Crippen LogP contribution in [0.25, 0.3) is 0 Å². The Balaban J connectivity index is 3.74. The fraction of sp³-hybridized carbons (Fsp3) is 0.400. The number of hydrogen-bond acceptors (Lipinski definition) is 2. The number of carbonyl (C=O) groups is 1. The zero-order valence-corrected chi connectivity index (χ0v) is 4.82. The summed E-state index contributed by atoms with van der Waals surface area (Å²) in [6.07, 6.45) is 0. The first-order valence-corrected chi connectivity index (χ1v) is 2.16. The summed E-state index contributed by atoms with van der Waals surface area (Å²) in [7, 11) is 0. The van der Waals surface area contributed by atoms with Crippen molar-refractivity contribution in [2.75, 3.05) is 0 Å². The summed E-state index contributed by atoms with van der Waals surface area (Å²) < 4.78 is 0. The molecule has 0 aliphatic rings. The van der Waals surface area contributed by atoms with Crippen molar-refractivity contribution in [1.29, 1.82) is 0 Å². The summed E-state index contributed by atoms with van der Waals surface area (Å²) in [5, 5.41) is 2.25. The van der Waals surface area contributed by atoms with E-state index in [-0.39, 0.29) is 11.6 Å². The molecule has 0 unspecified atom stereocenters. The highest BCUT2D eigenvalue weighted by molar-refractivity contribution is 5.77. The van der Waals surface area contributed by atoms with Gasteiger partial charge in [0.25, 0.3) is 0 Å². The van der Waals surface area contributed by atoms with Crippen molar-refractivity contribution in [3.63, 3.8) is 0 Å². The maximum absolute atomic E-state index is 10.1. The van der Waals surface area contributed by atoms with E-state index < -0.39 is 0 Å². The Bertz CT molecular complexity index is 145. The van der Waals surface area contributed by atoms with E-state index in [1.54, 1.807) is 0 Å². The van der Waals surface area contributed by atoms with E-state index >= 15 is 0 Å². The van der Waals surface area contributed by atoms with Crippen LogP contribution in [0.5, 0.6) is 0 Å². The Morgan fingerprint density at radius 3 is 2.12 bits per heavy atom. The summed E-state index contributed by atoms with van der Waals surface area (Å²) in [4.78, 5) is 19.8. The van der Waals surface area contributed by atoms with E-state index in [4.69, 9.17) is 0 Å². The van der Waals surface area contributed by atoms with Gasteiger partial charge in [-0.2, -0.15) is 0 Å². The Morgan fingerprint density at radius 1 is 1.50 bits per heavy atom. The number of amides is 1. The molecular weight excluding hydrogens is 106 g/mol. The van der Waals surface area contributed by atoms with Crippen molar-refractivity contribution in [3.05, 3.63) is 5.70 Å². The smallest absolute Gasteiger partial charge is 0.221 e. The maximum atomic E-state index is 10.1. The van der Waals surface area contributed by atoms with Crippen molar-refractivity contribution in [2.24, 2.45) is 0 Å². The minimum Gasteiger partial charge on any atom is -0.321 e. The van der Waals surface area contributed by atoms with Gasteiger partial charge in [0, 0.05) is 6.92 Å². The number of rotatable bonds is 1. The minimum absolute atomic E-state index is 0.220. The van der Waals surface area contributed by atoms with Gasteiger partial charge in [-0.15, -0.1) is 0 Å². The van der Waals surface area contributed by atoms with Gasteiger partial charge in [-0.25, -0.2) is 4.79 Å². The monoisotopic (exact) mass is 113 g/mol. The summed E-state index contributed by atoms with van der Waals surface area (Å²) in [6, 6.07) is 0. The largest absolute Gasteiger partial charge is 0.321 e. The lowest BCUT2D eigenvalue weighted by Gasteiger charge is -1.91. The normalized spacial score (nSPS) is 7.25. The predicted molar refractivity (Wildman–Crippen MR) is 28.7 cm³/mol. The van der Waals surface area contributed by atoms with Crippen LogP contribution in [0, 0.1) is 0 Å². The lowest BCUT2D eigenvalue weighted by atomic mass is 10.5. The minimum atomic E-state index is -0.245. The average molecular weight is 113 g/mol. The molecule has 0 aliphatic heterocycles. The van der Waals surface area contributed by atoms with E-state index in [2.05, 4.69) is 5.32 Å². The van der Waals surface area contributed by atoms with Crippen LogP contribution in [-0.4, -0.2) is 11.8 Å². The molecule has 0 aliphatic carbocycles. The Morgan fingerprint density at radius 2 is 2.00 bits per heavy atom. The second kappa shape index (κ2) is 2.99. The molecule has 44 valence electrons. The van der Waals surface area contributed by atoms with Crippen LogP contribution in [0.15, 0.2) is 5.70 Å². The fourth-order valence-electron chi connectivity index (χ4n) is 0.290. The van der Waals surface area contributed by atoms with Gasteiger partial charge < -0.3 is 5.32 Å². The van der Waals surface area contributed by atoms with E-state index in [1.165, 1.54) is 19.8 Å². The molecule has 0 saturated carbocycles. The van der Waals surface area contributed by atoms with Crippen LogP contribution in [0.3, 0.4) is 0 Å². The maximum Gasteiger partial charge on any atom is 0.221 e. The van der Waals surface area contributed by atoms with Crippen LogP contribution in [-0.2, 0) is 9.59 Å². The summed E-state index contributed by atoms with van der Waals surface area (Å²) in [5.74, 6) is 1.29. The van der Waals surface area contributed by atoms with E-state index in [1.807, 2.05) is 0 Å². The molecule has 0 bridgehead atoms. The molecule has 0 aromatic carbocycles. The zero-order chi connectivity index (χ0) is 6.57. The Hall–Kier alpha value is -1.08. The first-order valence-electron chi connectivity index (χ1n) is 2.16. The third-order valence-corrected chi connectivity index (χ3v) is 0.517. The van der Waals surface area contributed by atoms with Crippen molar-refractivity contribution in [3.8, 4) is 0 Å². The second-order valence-electron chi connectivity index (χ2n) is 1.41. The molecule has 0 aromatic rings. The van der Waals surface area contributed by atoms with Gasteiger partial charge in [-0.3, -0.25) is 4.79 Å². The third kappa shape index (κ3) is 3.12. The first kappa shape index (κ1) is 6.92. The fourth-order valence-corrected chi connectivity index (χ4v) is 0.290. The Kier molecular flexibility index (Phi) is 2.59. The van der Waals surface area contributed by atoms with Crippen molar-refractivity contribution < 1.29 is 9.59 Å². The molecule has 0 heterocycles. The molecule has 3 nitrogen and oxygen atoms in total. The number of carbonyl (C=O) groups excluding carboxylic acids is 2. The molecule has 0 rings (SSSR count). The molecule has 0 radical (unpaired) electrons. The van der Waals surface area contributed by atoms with Crippen LogP contribution in [0.1, 0.15) is 13.8 Å². The summed E-state index contributed by atoms with van der Waals surface area (Å²) in [6.45, 7) is 2.81. The van der Waals surface area contributed by atoms with Crippen LogP contribution in [0.2, 0.25) is 0 Å². The lowest BCUT2D eigenvalue weighted by Crippen LogP contribution is -2.17. The lowest BCUT2D eigenvalue weighted by molar-refractivity contribution is -0.118. The molecule has 0 fully saturated rings. The van der Waals surface area contributed by atoms with E-state index in [0.29, 0.717) is 0 Å². The third-order valence-electron chi connectivity index (χ3n) is 0.517. The molecule has 0 spiro atoms. The van der Waals surface area contributed by atoms with E-state index in [9.17, 15) is 9.59 Å². The number of allylic oxidation sites excluding steroid dienone is 1. The molecule has 1 N–H and O–H groups in total. The van der Waals surface area contributed by atoms with Gasteiger partial charge in [0.1, 0.15) is 5.94 Å². The molecule has 0 saturated heterocycles. The van der Waals surface area contributed by atoms with Crippen LogP contribution in [0.4, 0.5) is 0 Å². The Labute approximate surface area is 47.4 Å². The van der Waals surface area contributed by atoms with Gasteiger partial charge in [0.15, 0.2) is 0 Å². The molecule has 3 heteroatoms. The van der Waals surface area contributed by atoms with Gasteiger partial charge in [0.2, 0.25) is 5.91 Å². The predicted octanol–water partition coefficient (Wildman–Crippen LogP) is -0.142. The summed E-state index contributed by atoms with van der Waals surface area (Å²) >= 11 is 0. The second-order valence-corrected chi connectivity index (χ2v) is 1.41. The number of hydrogen-bond donors (Lipinski definition) is 1. The molecular formula is C5H7NO2. The average Bonchev–Trinajstić information content (AvgIpc) is 1.65. The first-order chi connectivity index (χ1) is 3.66. The zero-order valence-electron chi connectivity index (χ0n) is 4.82. The number of nitrogens with one attached hydrogen (secondary N) is 1. The van der Waals surface area contributed by atoms with Crippen LogP contribution < -0.4 is 5.32 Å². The van der Waals surface area contributed by atoms with E-state index in [0.717, 1.165) is 0 Å². The quantitative estimate of drug-likeness (QED) is 0.481. The van der Waals surface area contributed by atoms with Crippen molar-refractivity contribution >= 4 is 11.8 Å². The van der Waals surface area contributed by atoms with Crippen molar-refractivity contribution in [2.45, 2.75) is 13.8 Å². The molecule has 0 atom stereocenters.